The van der Waals surface area contributed by atoms with E-state index in [2.05, 4.69) is 16.0 Å². The summed E-state index contributed by atoms with van der Waals surface area (Å²) in [7, 11) is 0. The fourth-order valence-electron chi connectivity index (χ4n) is 3.30. The first-order valence-electron chi connectivity index (χ1n) is 11.3. The van der Waals surface area contributed by atoms with Gasteiger partial charge in [-0.05, 0) is 24.3 Å². The maximum absolute atomic E-state index is 12.9. The highest BCUT2D eigenvalue weighted by atomic mass is 16.4. The molecule has 0 aliphatic rings. The van der Waals surface area contributed by atoms with E-state index in [1.165, 1.54) is 0 Å². The number of primary amides is 2. The fraction of sp³-hybridized carbons (Fsp3) is 0.478. The topological polar surface area (TPSA) is 237 Å². The Kier molecular flexibility index (Phi) is 12.0. The molecule has 1 rings (SSSR count). The fourth-order valence-corrected chi connectivity index (χ4v) is 3.30. The lowest BCUT2D eigenvalue weighted by molar-refractivity contribution is -0.143. The predicted molar refractivity (Wildman–Crippen MR) is 129 cm³/mol. The molecule has 10 N–H and O–H groups in total. The number of nitrogens with two attached hydrogens (primary N) is 3. The molecule has 0 radical (unpaired) electrons. The molecule has 198 valence electrons. The summed E-state index contributed by atoms with van der Waals surface area (Å²) < 4.78 is 0. The minimum absolute atomic E-state index is 0.0779. The van der Waals surface area contributed by atoms with E-state index >= 15 is 0 Å². The van der Waals surface area contributed by atoms with E-state index in [9.17, 15) is 33.9 Å². The zero-order valence-corrected chi connectivity index (χ0v) is 20.2. The van der Waals surface area contributed by atoms with Gasteiger partial charge in [-0.15, -0.1) is 0 Å². The number of aliphatic carboxylic acids is 1. The van der Waals surface area contributed by atoms with E-state index in [1.807, 2.05) is 0 Å². The van der Waals surface area contributed by atoms with Gasteiger partial charge in [0, 0.05) is 0 Å². The number of nitrogens with one attached hydrogen (secondary N) is 3. The van der Waals surface area contributed by atoms with Crippen molar-refractivity contribution in [3.8, 4) is 0 Å². The minimum Gasteiger partial charge on any atom is -0.480 e. The molecule has 4 unspecified atom stereocenters. The van der Waals surface area contributed by atoms with E-state index in [4.69, 9.17) is 17.2 Å². The third-order valence-electron chi connectivity index (χ3n) is 5.03. The van der Waals surface area contributed by atoms with Crippen molar-refractivity contribution in [1.29, 1.82) is 0 Å². The lowest BCUT2D eigenvalue weighted by atomic mass is 10.0. The van der Waals surface area contributed by atoms with Crippen LogP contribution in [0.2, 0.25) is 0 Å². The van der Waals surface area contributed by atoms with Gasteiger partial charge in [0.25, 0.3) is 0 Å². The van der Waals surface area contributed by atoms with Crippen LogP contribution in [0.25, 0.3) is 0 Å². The normalized spacial score (nSPS) is 14.1. The first-order chi connectivity index (χ1) is 16.8. The van der Waals surface area contributed by atoms with Crippen LogP contribution in [0.4, 0.5) is 0 Å². The van der Waals surface area contributed by atoms with Crippen LogP contribution in [0.1, 0.15) is 38.7 Å². The molecule has 0 fully saturated rings. The Labute approximate surface area is 208 Å². The van der Waals surface area contributed by atoms with Crippen LogP contribution < -0.4 is 33.2 Å². The van der Waals surface area contributed by atoms with Crippen LogP contribution in [0, 0.1) is 5.92 Å². The molecular weight excluding hydrogens is 472 g/mol. The van der Waals surface area contributed by atoms with E-state index in [0.29, 0.717) is 0 Å². The average molecular weight is 507 g/mol. The minimum atomic E-state index is -1.56. The highest BCUT2D eigenvalue weighted by Gasteiger charge is 2.32. The van der Waals surface area contributed by atoms with Crippen molar-refractivity contribution >= 4 is 35.5 Å². The second-order valence-electron chi connectivity index (χ2n) is 8.79. The first kappa shape index (κ1) is 30.0. The maximum atomic E-state index is 12.9. The summed E-state index contributed by atoms with van der Waals surface area (Å²) >= 11 is 0. The molecule has 5 amide bonds. The Hall–Kier alpha value is -4.00. The molecule has 0 aliphatic heterocycles. The third-order valence-corrected chi connectivity index (χ3v) is 5.03. The predicted octanol–water partition coefficient (Wildman–Crippen LogP) is -2.11. The van der Waals surface area contributed by atoms with Crippen molar-refractivity contribution < 1.29 is 33.9 Å². The lowest BCUT2D eigenvalue weighted by Gasteiger charge is -2.24. The summed E-state index contributed by atoms with van der Waals surface area (Å²) in [6.45, 7) is 3.51. The van der Waals surface area contributed by atoms with Crippen molar-refractivity contribution in [3.05, 3.63) is 35.9 Å². The quantitative estimate of drug-likeness (QED) is 0.139. The molecule has 0 saturated carbocycles. The Morgan fingerprint density at radius 2 is 1.22 bits per heavy atom. The molecule has 13 nitrogen and oxygen atoms in total. The van der Waals surface area contributed by atoms with Gasteiger partial charge in [-0.25, -0.2) is 4.79 Å². The van der Waals surface area contributed by atoms with Crippen molar-refractivity contribution in [3.63, 3.8) is 0 Å². The smallest absolute Gasteiger partial charge is 0.326 e. The van der Waals surface area contributed by atoms with Gasteiger partial charge in [-0.3, -0.25) is 24.0 Å². The van der Waals surface area contributed by atoms with Crippen LogP contribution in [-0.4, -0.2) is 64.8 Å². The van der Waals surface area contributed by atoms with Gasteiger partial charge in [0.15, 0.2) is 0 Å². The van der Waals surface area contributed by atoms with E-state index in [0.717, 1.165) is 5.56 Å². The van der Waals surface area contributed by atoms with Gasteiger partial charge >= 0.3 is 5.97 Å². The lowest BCUT2D eigenvalue weighted by Crippen LogP contribution is -2.58. The summed E-state index contributed by atoms with van der Waals surface area (Å²) in [5.41, 5.74) is 17.1. The largest absolute Gasteiger partial charge is 0.480 e. The summed E-state index contributed by atoms with van der Waals surface area (Å²) in [5.74, 6) is -5.99. The number of carbonyl (C=O) groups excluding carboxylic acids is 5. The van der Waals surface area contributed by atoms with E-state index in [-0.39, 0.29) is 18.8 Å². The van der Waals surface area contributed by atoms with Crippen LogP contribution in [0.3, 0.4) is 0 Å². The highest BCUT2D eigenvalue weighted by Crippen LogP contribution is 2.07. The number of benzene rings is 1. The van der Waals surface area contributed by atoms with Crippen LogP contribution in [0.15, 0.2) is 30.3 Å². The second-order valence-corrected chi connectivity index (χ2v) is 8.79. The van der Waals surface area contributed by atoms with Crippen molar-refractivity contribution in [2.24, 2.45) is 23.1 Å². The molecule has 0 spiro atoms. The molecule has 0 aliphatic carbocycles. The zero-order valence-electron chi connectivity index (χ0n) is 20.2. The summed E-state index contributed by atoms with van der Waals surface area (Å²) in [5, 5.41) is 16.2. The molecule has 0 saturated heterocycles. The molecule has 13 heteroatoms. The van der Waals surface area contributed by atoms with Gasteiger partial charge in [0.05, 0.1) is 18.9 Å². The summed E-state index contributed by atoms with van der Waals surface area (Å²) in [4.78, 5) is 72.6. The van der Waals surface area contributed by atoms with Crippen LogP contribution in [-0.2, 0) is 35.2 Å². The molecule has 0 heterocycles. The number of carboxylic acids is 1. The van der Waals surface area contributed by atoms with Crippen molar-refractivity contribution in [2.75, 3.05) is 0 Å². The number of hydrogen-bond acceptors (Lipinski definition) is 7. The maximum Gasteiger partial charge on any atom is 0.326 e. The molecule has 1 aromatic carbocycles. The van der Waals surface area contributed by atoms with Crippen molar-refractivity contribution in [2.45, 2.75) is 63.7 Å². The van der Waals surface area contributed by atoms with Gasteiger partial charge < -0.3 is 38.3 Å². The average Bonchev–Trinajstić information content (AvgIpc) is 2.77. The molecule has 0 aromatic heterocycles. The summed E-state index contributed by atoms with van der Waals surface area (Å²) in [6.07, 6.45) is -1.03. The highest BCUT2D eigenvalue weighted by molar-refractivity contribution is 5.97. The molecular formula is C23H34N6O7. The monoisotopic (exact) mass is 506 g/mol. The second kappa shape index (κ2) is 14.4. The number of amides is 5. The Balaban J connectivity index is 2.98. The Bertz CT molecular complexity index is 954. The van der Waals surface area contributed by atoms with Crippen molar-refractivity contribution in [1.82, 2.24) is 16.0 Å². The van der Waals surface area contributed by atoms with E-state index < -0.39 is 72.5 Å². The summed E-state index contributed by atoms with van der Waals surface area (Å²) in [6, 6.07) is 3.44. The van der Waals surface area contributed by atoms with Gasteiger partial charge in [0.2, 0.25) is 29.5 Å². The van der Waals surface area contributed by atoms with Gasteiger partial charge in [-0.1, -0.05) is 44.2 Å². The SMILES string of the molecule is CC(C)CC(NC(=O)C(CC(N)=O)NC(=O)C(CC(N)=O)NC(=O)C(N)Cc1ccccc1)C(=O)O. The molecule has 0 bridgehead atoms. The third kappa shape index (κ3) is 11.0. The van der Waals surface area contributed by atoms with Gasteiger partial charge in [0.1, 0.15) is 18.1 Å². The number of carbonyl (C=O) groups is 6. The van der Waals surface area contributed by atoms with Crippen LogP contribution >= 0.6 is 0 Å². The number of rotatable bonds is 15. The molecule has 36 heavy (non-hydrogen) atoms. The number of carboxylic acid groups (broad SMARTS) is 1. The molecule has 1 aromatic rings. The number of hydrogen-bond donors (Lipinski definition) is 7. The van der Waals surface area contributed by atoms with E-state index in [1.54, 1.807) is 44.2 Å². The molecule has 4 atom stereocenters. The standard InChI is InChI=1S/C23H34N6O7/c1-12(2)8-17(23(35)36)29-22(34)16(11-19(26)31)28-21(33)15(10-18(25)30)27-20(32)14(24)9-13-6-4-3-5-7-13/h3-7,12,14-17H,8-11,24H2,1-2H3,(H2,25,30)(H2,26,31)(H,27,32)(H,28,33)(H,29,34)(H,35,36). The first-order valence-corrected chi connectivity index (χ1v) is 11.3. The van der Waals surface area contributed by atoms with Gasteiger partial charge in [-0.2, -0.15) is 0 Å². The zero-order chi connectivity index (χ0) is 27.4. The Morgan fingerprint density at radius 3 is 1.64 bits per heavy atom. The van der Waals surface area contributed by atoms with Crippen LogP contribution in [0.5, 0.6) is 0 Å². The Morgan fingerprint density at radius 1 is 0.778 bits per heavy atom.